The number of hydrogen-bond donors (Lipinski definition) is 2. The number of primary amides is 1. The maximum Gasteiger partial charge on any atom is 0.255 e. The molecule has 3 aromatic heterocycles. The van der Waals surface area contributed by atoms with Crippen LogP contribution >= 0.6 is 0 Å². The zero-order valence-electron chi connectivity index (χ0n) is 18.6. The van der Waals surface area contributed by atoms with Crippen LogP contribution in [-0.4, -0.2) is 54.6 Å². The molecule has 4 heterocycles. The lowest BCUT2D eigenvalue weighted by molar-refractivity contribution is -0.120. The summed E-state index contributed by atoms with van der Waals surface area (Å²) in [5, 5.41) is 20.1. The number of aryl methyl sites for hydroxylation is 1. The van der Waals surface area contributed by atoms with Crippen LogP contribution in [0.25, 0.3) is 11.5 Å². The quantitative estimate of drug-likeness (QED) is 0.418. The van der Waals surface area contributed by atoms with Crippen LogP contribution in [0, 0.1) is 6.92 Å². The Hall–Kier alpha value is -4.48. The summed E-state index contributed by atoms with van der Waals surface area (Å²) < 4.78 is 14.4. The van der Waals surface area contributed by atoms with Gasteiger partial charge in [0.2, 0.25) is 5.91 Å². The number of aromatic nitrogens is 6. The van der Waals surface area contributed by atoms with Gasteiger partial charge in [-0.25, -0.2) is 0 Å². The second-order valence-electron chi connectivity index (χ2n) is 7.77. The van der Waals surface area contributed by atoms with Crippen LogP contribution in [0.15, 0.2) is 36.5 Å². The summed E-state index contributed by atoms with van der Waals surface area (Å²) in [5.41, 5.74) is 7.50. The standard InChI is InChI=1S/C22H22N8O4/c1-3-33-17-8-13(4-5-16(17)34-11-18(23)31)14-9-21(32)25-22-15(14)10-24-30(22)20-7-6-19-27-26-12(2)29(19)28-20/h4-8,10,14H,3,9,11H2,1-2H3,(H2,23,31)(H,25,32)/t14-/m1/s1. The van der Waals surface area contributed by atoms with Gasteiger partial charge in [-0.3, -0.25) is 9.59 Å². The molecular formula is C22H22N8O4. The number of carbonyl (C=O) groups is 2. The maximum atomic E-state index is 12.7. The van der Waals surface area contributed by atoms with Crippen molar-refractivity contribution in [1.82, 2.24) is 29.6 Å². The predicted octanol–water partition coefficient (Wildman–Crippen LogP) is 1.36. The van der Waals surface area contributed by atoms with Gasteiger partial charge in [0.05, 0.1) is 12.8 Å². The number of anilines is 1. The first kappa shape index (κ1) is 21.4. The van der Waals surface area contributed by atoms with Crippen molar-refractivity contribution < 1.29 is 19.1 Å². The lowest BCUT2D eigenvalue weighted by atomic mass is 9.87. The van der Waals surface area contributed by atoms with Crippen molar-refractivity contribution in [2.24, 2.45) is 5.73 Å². The summed E-state index contributed by atoms with van der Waals surface area (Å²) in [5.74, 6) is 1.59. The van der Waals surface area contributed by atoms with Crippen molar-refractivity contribution in [2.75, 3.05) is 18.5 Å². The molecule has 0 saturated heterocycles. The summed E-state index contributed by atoms with van der Waals surface area (Å²) >= 11 is 0. The summed E-state index contributed by atoms with van der Waals surface area (Å²) in [7, 11) is 0. The molecule has 1 atom stereocenters. The Labute approximate surface area is 193 Å². The van der Waals surface area contributed by atoms with Crippen LogP contribution in [0.1, 0.15) is 36.2 Å². The Morgan fingerprint density at radius 3 is 2.85 bits per heavy atom. The molecule has 174 valence electrons. The van der Waals surface area contributed by atoms with E-state index in [1.807, 2.05) is 19.1 Å². The van der Waals surface area contributed by atoms with Crippen LogP contribution in [-0.2, 0) is 9.59 Å². The van der Waals surface area contributed by atoms with E-state index in [1.54, 1.807) is 40.5 Å². The Bertz CT molecular complexity index is 1410. The van der Waals surface area contributed by atoms with Gasteiger partial charge in [-0.2, -0.15) is 14.3 Å². The lowest BCUT2D eigenvalue weighted by Gasteiger charge is -2.24. The topological polar surface area (TPSA) is 152 Å². The summed E-state index contributed by atoms with van der Waals surface area (Å²) in [6.07, 6.45) is 1.96. The van der Waals surface area contributed by atoms with Gasteiger partial charge < -0.3 is 20.5 Å². The molecule has 1 aromatic carbocycles. The number of carbonyl (C=O) groups excluding carboxylic acids is 2. The van der Waals surface area contributed by atoms with Gasteiger partial charge in [0.15, 0.2) is 35.4 Å². The highest BCUT2D eigenvalue weighted by Crippen LogP contribution is 2.40. The number of nitrogens with zero attached hydrogens (tertiary/aromatic N) is 6. The fourth-order valence-electron chi connectivity index (χ4n) is 3.97. The highest BCUT2D eigenvalue weighted by molar-refractivity contribution is 5.94. The van der Waals surface area contributed by atoms with E-state index in [1.165, 1.54) is 0 Å². The first-order valence-electron chi connectivity index (χ1n) is 10.7. The maximum absolute atomic E-state index is 12.7. The van der Waals surface area contributed by atoms with Crippen LogP contribution in [0.4, 0.5) is 5.82 Å². The monoisotopic (exact) mass is 462 g/mol. The first-order valence-corrected chi connectivity index (χ1v) is 10.7. The van der Waals surface area contributed by atoms with Gasteiger partial charge in [0, 0.05) is 17.9 Å². The summed E-state index contributed by atoms with van der Waals surface area (Å²) in [6.45, 7) is 3.80. The Morgan fingerprint density at radius 2 is 2.06 bits per heavy atom. The third-order valence-electron chi connectivity index (χ3n) is 5.48. The number of fused-ring (bicyclic) bond motifs is 2. The molecule has 2 amide bonds. The van der Waals surface area contributed by atoms with Gasteiger partial charge in [0.1, 0.15) is 5.82 Å². The first-order chi connectivity index (χ1) is 16.4. The molecule has 1 aliphatic heterocycles. The number of nitrogens with two attached hydrogens (primary N) is 1. The van der Waals surface area contributed by atoms with Crippen molar-refractivity contribution in [3.63, 3.8) is 0 Å². The second kappa shape index (κ2) is 8.46. The number of ether oxygens (including phenoxy) is 2. The number of benzene rings is 1. The molecule has 0 aliphatic carbocycles. The van der Waals surface area contributed by atoms with Crippen molar-refractivity contribution in [2.45, 2.75) is 26.2 Å². The lowest BCUT2D eigenvalue weighted by Crippen LogP contribution is -2.25. The average Bonchev–Trinajstić information content (AvgIpc) is 3.41. The third-order valence-corrected chi connectivity index (χ3v) is 5.48. The van der Waals surface area contributed by atoms with Crippen molar-refractivity contribution in [3.8, 4) is 17.3 Å². The van der Waals surface area contributed by atoms with E-state index in [0.717, 1.165) is 11.1 Å². The van der Waals surface area contributed by atoms with Gasteiger partial charge in [-0.05, 0) is 43.7 Å². The van der Waals surface area contributed by atoms with E-state index < -0.39 is 5.91 Å². The van der Waals surface area contributed by atoms with Gasteiger partial charge in [-0.15, -0.1) is 15.3 Å². The molecule has 0 spiro atoms. The summed E-state index contributed by atoms with van der Waals surface area (Å²) in [4.78, 5) is 23.8. The van der Waals surface area contributed by atoms with Crippen LogP contribution in [0.5, 0.6) is 11.5 Å². The second-order valence-corrected chi connectivity index (χ2v) is 7.77. The fraction of sp³-hybridized carbons (Fsp3) is 0.273. The highest BCUT2D eigenvalue weighted by atomic mass is 16.5. The normalized spacial score (nSPS) is 15.1. The van der Waals surface area contributed by atoms with E-state index in [2.05, 4.69) is 25.7 Å². The molecule has 1 aliphatic rings. The van der Waals surface area contributed by atoms with Crippen LogP contribution < -0.4 is 20.5 Å². The fourth-order valence-corrected chi connectivity index (χ4v) is 3.97. The van der Waals surface area contributed by atoms with Crippen molar-refractivity contribution in [3.05, 3.63) is 53.5 Å². The molecule has 0 fully saturated rings. The minimum absolute atomic E-state index is 0.146. The van der Waals surface area contributed by atoms with E-state index in [9.17, 15) is 9.59 Å². The average molecular weight is 462 g/mol. The molecule has 34 heavy (non-hydrogen) atoms. The molecule has 0 bridgehead atoms. The van der Waals surface area contributed by atoms with Crippen molar-refractivity contribution >= 4 is 23.3 Å². The zero-order valence-corrected chi connectivity index (χ0v) is 18.6. The third kappa shape index (κ3) is 3.78. The molecule has 4 aromatic rings. The van der Waals surface area contributed by atoms with Gasteiger partial charge in [0.25, 0.3) is 5.91 Å². The molecular weight excluding hydrogens is 440 g/mol. The minimum Gasteiger partial charge on any atom is -0.490 e. The molecule has 12 nitrogen and oxygen atoms in total. The van der Waals surface area contributed by atoms with E-state index in [0.29, 0.717) is 41.2 Å². The zero-order chi connectivity index (χ0) is 23.8. The number of rotatable bonds is 7. The SMILES string of the molecule is CCOc1cc([C@H]2CC(=O)Nc3c2cnn3-c2ccc3nnc(C)n3n2)ccc1OCC(N)=O. The Balaban J connectivity index is 1.53. The minimum atomic E-state index is -0.582. The molecule has 0 unspecified atom stereocenters. The Kier molecular flexibility index (Phi) is 5.32. The smallest absolute Gasteiger partial charge is 0.255 e. The van der Waals surface area contributed by atoms with Crippen LogP contribution in [0.3, 0.4) is 0 Å². The highest BCUT2D eigenvalue weighted by Gasteiger charge is 2.31. The number of hydrogen-bond acceptors (Lipinski definition) is 8. The van der Waals surface area contributed by atoms with Gasteiger partial charge >= 0.3 is 0 Å². The largest absolute Gasteiger partial charge is 0.490 e. The van der Waals surface area contributed by atoms with E-state index >= 15 is 0 Å². The molecule has 0 radical (unpaired) electrons. The summed E-state index contributed by atoms with van der Waals surface area (Å²) in [6, 6.07) is 8.93. The molecule has 0 saturated carbocycles. The Morgan fingerprint density at radius 1 is 1.21 bits per heavy atom. The van der Waals surface area contributed by atoms with E-state index in [4.69, 9.17) is 15.2 Å². The molecule has 12 heteroatoms. The van der Waals surface area contributed by atoms with Crippen LogP contribution in [0.2, 0.25) is 0 Å². The molecule has 3 N–H and O–H groups in total. The van der Waals surface area contributed by atoms with E-state index in [-0.39, 0.29) is 24.9 Å². The number of amides is 2. The predicted molar refractivity (Wildman–Crippen MR) is 120 cm³/mol. The van der Waals surface area contributed by atoms with Gasteiger partial charge in [-0.1, -0.05) is 6.07 Å². The molecule has 5 rings (SSSR count). The number of nitrogens with one attached hydrogen (secondary N) is 1. The van der Waals surface area contributed by atoms with Crippen molar-refractivity contribution in [1.29, 1.82) is 0 Å².